The predicted molar refractivity (Wildman–Crippen MR) is 174 cm³/mol. The van der Waals surface area contributed by atoms with Gasteiger partial charge in [0.2, 0.25) is 0 Å². The minimum absolute atomic E-state index is 0.000725. The van der Waals surface area contributed by atoms with E-state index in [1.807, 2.05) is 13.8 Å². The number of hydrogen-bond donors (Lipinski definition) is 7. The van der Waals surface area contributed by atoms with E-state index in [1.54, 1.807) is 62.4 Å². The first-order chi connectivity index (χ1) is 21.6. The Hall–Kier alpha value is -4.94. The van der Waals surface area contributed by atoms with Gasteiger partial charge in [0.05, 0.1) is 17.7 Å². The fourth-order valence-electron chi connectivity index (χ4n) is 5.15. The number of ether oxygens (including phenoxy) is 1. The summed E-state index contributed by atoms with van der Waals surface area (Å²) in [4.78, 5) is 28.4. The molecule has 0 aliphatic carbocycles. The maximum atomic E-state index is 13.1. The summed E-state index contributed by atoms with van der Waals surface area (Å²) < 4.78 is 5.95. The van der Waals surface area contributed by atoms with Gasteiger partial charge in [0.15, 0.2) is 5.84 Å². The Morgan fingerprint density at radius 3 is 2.09 bits per heavy atom. The second kappa shape index (κ2) is 13.2. The summed E-state index contributed by atoms with van der Waals surface area (Å²) in [6, 6.07) is 15.4. The Morgan fingerprint density at radius 2 is 1.54 bits per heavy atom. The van der Waals surface area contributed by atoms with Crippen LogP contribution >= 0.6 is 0 Å². The lowest BCUT2D eigenvalue weighted by Gasteiger charge is -2.47. The number of benzene rings is 3. The zero-order chi connectivity index (χ0) is 34.0. The third-order valence-corrected chi connectivity index (χ3v) is 8.27. The third kappa shape index (κ3) is 6.98. The Kier molecular flexibility index (Phi) is 9.74. The van der Waals surface area contributed by atoms with Gasteiger partial charge in [-0.1, -0.05) is 13.8 Å². The van der Waals surface area contributed by atoms with Crippen LogP contribution in [-0.2, 0) is 4.79 Å². The summed E-state index contributed by atoms with van der Waals surface area (Å²) in [6.07, 6.45) is 0.248. The fourth-order valence-corrected chi connectivity index (χ4v) is 5.15. The number of nitrogens with one attached hydrogen (secondary N) is 3. The van der Waals surface area contributed by atoms with Gasteiger partial charge >= 0.3 is 0 Å². The number of β-amino-alcohol motifs (C(OH)–C–C–N with tert-alkyl or cyclic N) is 1. The topological polar surface area (TPSA) is 190 Å². The first-order valence-corrected chi connectivity index (χ1v) is 15.0. The molecular weight excluding hydrogens is 590 g/mol. The van der Waals surface area contributed by atoms with E-state index in [2.05, 4.69) is 5.32 Å². The zero-order valence-corrected chi connectivity index (χ0v) is 26.6. The van der Waals surface area contributed by atoms with Gasteiger partial charge in [-0.2, -0.15) is 0 Å². The number of hydrogen-bond acceptors (Lipinski definition) is 9. The lowest BCUT2D eigenvalue weighted by Crippen LogP contribution is -2.62. The first-order valence-electron chi connectivity index (χ1n) is 15.0. The molecule has 2 atom stereocenters. The van der Waals surface area contributed by atoms with E-state index in [0.29, 0.717) is 29.2 Å². The van der Waals surface area contributed by atoms with E-state index in [9.17, 15) is 30.0 Å². The van der Waals surface area contributed by atoms with E-state index in [-0.39, 0.29) is 59.9 Å². The minimum Gasteiger partial charge on any atom is -0.508 e. The minimum atomic E-state index is -1.44. The molecule has 0 bridgehead atoms. The van der Waals surface area contributed by atoms with Crippen molar-refractivity contribution < 1.29 is 34.8 Å². The second-order valence-corrected chi connectivity index (χ2v) is 12.1. The Morgan fingerprint density at radius 1 is 0.957 bits per heavy atom. The zero-order valence-electron chi connectivity index (χ0n) is 26.6. The predicted octanol–water partition coefficient (Wildman–Crippen LogP) is 4.31. The summed E-state index contributed by atoms with van der Waals surface area (Å²) in [5.41, 5.74) is -1.52. The van der Waals surface area contributed by atoms with Crippen LogP contribution in [0.4, 0.5) is 5.69 Å². The van der Waals surface area contributed by atoms with Crippen molar-refractivity contribution in [1.29, 1.82) is 10.8 Å². The number of amidine groups is 2. The van der Waals surface area contributed by atoms with Crippen LogP contribution in [0.5, 0.6) is 23.0 Å². The molecule has 1 heterocycles. The maximum Gasteiger partial charge on any atom is 0.287 e. The van der Waals surface area contributed by atoms with E-state index in [4.69, 9.17) is 15.6 Å². The van der Waals surface area contributed by atoms with Crippen molar-refractivity contribution in [3.05, 3.63) is 77.4 Å². The maximum absolute atomic E-state index is 13.1. The fraction of sp³-hybridized carbons (Fsp3) is 0.353. The molecule has 4 rings (SSSR count). The van der Waals surface area contributed by atoms with Gasteiger partial charge < -0.3 is 35.4 Å². The average molecular weight is 632 g/mol. The molecule has 3 aromatic carbocycles. The highest BCUT2D eigenvalue weighted by molar-refractivity contribution is 6.48. The number of aromatic hydroxyl groups is 2. The van der Waals surface area contributed by atoms with Crippen molar-refractivity contribution in [3.8, 4) is 23.0 Å². The number of amides is 2. The van der Waals surface area contributed by atoms with Crippen molar-refractivity contribution in [2.75, 3.05) is 24.5 Å². The molecule has 0 saturated carbocycles. The highest BCUT2D eigenvalue weighted by atomic mass is 16.5. The van der Waals surface area contributed by atoms with Crippen molar-refractivity contribution in [3.63, 3.8) is 0 Å². The van der Waals surface area contributed by atoms with Gasteiger partial charge in [0, 0.05) is 30.4 Å². The molecule has 2 unspecified atom stereocenters. The highest BCUT2D eigenvalue weighted by Crippen LogP contribution is 2.35. The number of phenols is 2. The number of likely N-dealkylation sites (tertiary alicyclic amines) is 1. The molecule has 1 saturated heterocycles. The molecule has 12 nitrogen and oxygen atoms in total. The normalized spacial score (nSPS) is 19.4. The molecule has 2 amide bonds. The van der Waals surface area contributed by atoms with Crippen LogP contribution in [0.1, 0.15) is 68.4 Å². The van der Waals surface area contributed by atoms with E-state index < -0.39 is 22.9 Å². The number of aliphatic hydroxyl groups is 2. The van der Waals surface area contributed by atoms with Gasteiger partial charge in [-0.3, -0.25) is 25.3 Å². The molecule has 3 aromatic rings. The molecule has 0 spiro atoms. The molecule has 1 fully saturated rings. The average Bonchev–Trinajstić information content (AvgIpc) is 2.99. The number of carbonyl (C=O) groups excluding carboxylic acids is 2. The summed E-state index contributed by atoms with van der Waals surface area (Å²) in [7, 11) is 0. The van der Waals surface area contributed by atoms with Crippen LogP contribution < -0.4 is 15.0 Å². The van der Waals surface area contributed by atoms with Gasteiger partial charge in [0.1, 0.15) is 34.4 Å². The summed E-state index contributed by atoms with van der Waals surface area (Å²) in [5.74, 6) is -1.66. The molecule has 46 heavy (non-hydrogen) atoms. The Balaban J connectivity index is 1.54. The lowest BCUT2D eigenvalue weighted by atomic mass is 9.79. The number of nitrogens with zero attached hydrogens (tertiary/aromatic N) is 2. The first kappa shape index (κ1) is 33.9. The van der Waals surface area contributed by atoms with Crippen molar-refractivity contribution in [2.24, 2.45) is 0 Å². The van der Waals surface area contributed by atoms with Crippen molar-refractivity contribution in [2.45, 2.75) is 58.2 Å². The number of phenolic OH excluding ortho intramolecular Hbond substituents is 2. The number of likely N-dealkylation sites (N-methyl/N-ethyl adjacent to an activating group) is 1. The van der Waals surface area contributed by atoms with E-state index in [0.717, 1.165) is 11.0 Å². The number of rotatable bonds is 7. The van der Waals surface area contributed by atoms with Crippen LogP contribution in [0.15, 0.2) is 60.7 Å². The van der Waals surface area contributed by atoms with E-state index >= 15 is 0 Å². The molecule has 12 heteroatoms. The second-order valence-electron chi connectivity index (χ2n) is 12.1. The molecule has 244 valence electrons. The Bertz CT molecular complexity index is 1630. The molecular formula is C34H41N5O7. The van der Waals surface area contributed by atoms with Crippen LogP contribution in [-0.4, -0.2) is 79.6 Å². The quantitative estimate of drug-likeness (QED) is 0.148. The van der Waals surface area contributed by atoms with Crippen LogP contribution in [0.3, 0.4) is 0 Å². The highest BCUT2D eigenvalue weighted by Gasteiger charge is 2.47. The molecule has 0 aromatic heterocycles. The summed E-state index contributed by atoms with van der Waals surface area (Å²) >= 11 is 0. The van der Waals surface area contributed by atoms with Gasteiger partial charge in [-0.25, -0.2) is 0 Å². The number of carbonyl (C=O) groups is 2. The van der Waals surface area contributed by atoms with Crippen molar-refractivity contribution in [1.82, 2.24) is 10.2 Å². The summed E-state index contributed by atoms with van der Waals surface area (Å²) in [6.45, 7) is 9.06. The number of anilines is 1. The van der Waals surface area contributed by atoms with Crippen LogP contribution in [0.25, 0.3) is 0 Å². The molecule has 0 radical (unpaired) electrons. The monoisotopic (exact) mass is 631 g/mol. The molecule has 7 N–H and O–H groups in total. The number of piperidine rings is 1. The van der Waals surface area contributed by atoms with Gasteiger partial charge in [-0.05, 0) is 93.3 Å². The standard InChI is InChI=1S/C34H41N5O7/c1-6-37-31(42)30(36)39(29(35)26-17-25(20(2)3)27(40)18-28(26)41)22-9-13-24(14-10-22)46-23-11-7-21(8-12-23)32(43)38-16-15-33(4,44)34(5,45)19-38/h7-14,17-18,20,35-36,40-41,44-45H,6,15-16,19H2,1-5H3,(H,37,42). The smallest absolute Gasteiger partial charge is 0.287 e. The molecule has 1 aliphatic rings. The molecule has 1 aliphatic heterocycles. The lowest BCUT2D eigenvalue weighted by molar-refractivity contribution is -0.163. The van der Waals surface area contributed by atoms with Gasteiger partial charge in [0.25, 0.3) is 11.8 Å². The third-order valence-electron chi connectivity index (χ3n) is 8.27. The Labute approximate surface area is 267 Å². The van der Waals surface area contributed by atoms with Crippen molar-refractivity contribution >= 4 is 29.2 Å². The summed E-state index contributed by atoms with van der Waals surface area (Å²) in [5, 5.41) is 62.0. The SMILES string of the molecule is CCNC(=O)C(=N)N(C(=N)c1cc(C(C)C)c(O)cc1O)c1ccc(Oc2ccc(C(=O)N3CCC(C)(O)C(C)(O)C3)cc2)cc1. The van der Waals surface area contributed by atoms with Crippen LogP contribution in [0.2, 0.25) is 0 Å². The van der Waals surface area contributed by atoms with Gasteiger partial charge in [-0.15, -0.1) is 0 Å². The van der Waals surface area contributed by atoms with E-state index in [1.165, 1.54) is 17.9 Å². The van der Waals surface area contributed by atoms with Crippen LogP contribution in [0, 0.1) is 10.8 Å². The largest absolute Gasteiger partial charge is 0.508 e.